The summed E-state index contributed by atoms with van der Waals surface area (Å²) in [5.74, 6) is 0. The fourth-order valence-corrected chi connectivity index (χ4v) is 1.16. The summed E-state index contributed by atoms with van der Waals surface area (Å²) in [5.41, 5.74) is -1.76. The molecule has 1 nitrogen and oxygen atoms in total. The second kappa shape index (κ2) is 3.18. The van der Waals surface area contributed by atoms with E-state index in [9.17, 15) is 13.2 Å². The third-order valence-electron chi connectivity index (χ3n) is 1.24. The average Bonchev–Trinajstić information content (AvgIpc) is 1.92. The number of rotatable bonds is 0. The van der Waals surface area contributed by atoms with Gasteiger partial charge in [-0.1, -0.05) is 23.2 Å². The van der Waals surface area contributed by atoms with Crippen LogP contribution in [0.3, 0.4) is 0 Å². The zero-order chi connectivity index (χ0) is 9.35. The Bertz CT molecular complexity index is 244. The van der Waals surface area contributed by atoms with Crippen LogP contribution in [-0.4, -0.2) is 11.7 Å². The zero-order valence-electron chi connectivity index (χ0n) is 5.62. The molecule has 1 aliphatic heterocycles. The van der Waals surface area contributed by atoms with Crippen molar-refractivity contribution < 1.29 is 13.2 Å². The van der Waals surface area contributed by atoms with Crippen LogP contribution < -0.4 is 5.32 Å². The molecule has 0 bridgehead atoms. The van der Waals surface area contributed by atoms with E-state index in [0.717, 1.165) is 12.3 Å². The summed E-state index contributed by atoms with van der Waals surface area (Å²) in [6.45, 7) is 0. The van der Waals surface area contributed by atoms with Gasteiger partial charge in [0.2, 0.25) is 0 Å². The highest BCUT2D eigenvalue weighted by molar-refractivity contribution is 6.32. The van der Waals surface area contributed by atoms with Crippen molar-refractivity contribution in [1.29, 1.82) is 0 Å². The monoisotopic (exact) mass is 217 g/mol. The second-order valence-corrected chi connectivity index (χ2v) is 3.02. The maximum Gasteiger partial charge on any atom is 0.417 e. The van der Waals surface area contributed by atoms with Crippen LogP contribution in [0, 0.1) is 0 Å². The Morgan fingerprint density at radius 2 is 2.00 bits per heavy atom. The molecule has 0 fully saturated rings. The summed E-state index contributed by atoms with van der Waals surface area (Å²) in [6.07, 6.45) is -2.59. The van der Waals surface area contributed by atoms with Gasteiger partial charge >= 0.3 is 6.18 Å². The Balaban J connectivity index is 2.94. The fraction of sp³-hybridized carbons (Fsp3) is 0.333. The van der Waals surface area contributed by atoms with Crippen molar-refractivity contribution in [3.63, 3.8) is 0 Å². The van der Waals surface area contributed by atoms with Crippen molar-refractivity contribution in [2.75, 3.05) is 0 Å². The van der Waals surface area contributed by atoms with Crippen LogP contribution in [0.5, 0.6) is 0 Å². The van der Waals surface area contributed by atoms with Crippen molar-refractivity contribution in [3.8, 4) is 0 Å². The zero-order valence-corrected chi connectivity index (χ0v) is 7.13. The van der Waals surface area contributed by atoms with Crippen LogP contribution in [-0.2, 0) is 0 Å². The molecule has 1 heterocycles. The molecule has 0 aromatic rings. The molecule has 1 atom stereocenters. The van der Waals surface area contributed by atoms with Gasteiger partial charge in [0.25, 0.3) is 0 Å². The number of allylic oxidation sites excluding steroid dienone is 2. The van der Waals surface area contributed by atoms with Gasteiger partial charge in [0.05, 0.1) is 10.6 Å². The van der Waals surface area contributed by atoms with Crippen LogP contribution in [0.2, 0.25) is 0 Å². The van der Waals surface area contributed by atoms with Gasteiger partial charge in [0, 0.05) is 6.20 Å². The summed E-state index contributed by atoms with van der Waals surface area (Å²) < 4.78 is 36.3. The minimum absolute atomic E-state index is 0.376. The second-order valence-electron chi connectivity index (χ2n) is 2.14. The van der Waals surface area contributed by atoms with Gasteiger partial charge in [-0.05, 0) is 6.08 Å². The predicted molar refractivity (Wildman–Crippen MR) is 40.9 cm³/mol. The lowest BCUT2D eigenvalue weighted by Gasteiger charge is -2.18. The Hall–Kier alpha value is -0.350. The molecule has 12 heavy (non-hydrogen) atoms. The molecular formula is C6H4Cl2F3N. The third-order valence-corrected chi connectivity index (χ3v) is 1.81. The number of alkyl halides is 4. The number of dihydropyridines is 1. The first-order valence-electron chi connectivity index (χ1n) is 2.96. The van der Waals surface area contributed by atoms with Gasteiger partial charge in [-0.15, -0.1) is 0 Å². The number of nitrogens with one attached hydrogen (secondary N) is 1. The van der Waals surface area contributed by atoms with Crippen molar-refractivity contribution in [2.24, 2.45) is 0 Å². The molecule has 0 saturated carbocycles. The van der Waals surface area contributed by atoms with Crippen LogP contribution in [0.25, 0.3) is 0 Å². The number of halogens is 5. The van der Waals surface area contributed by atoms with Crippen LogP contribution in [0.4, 0.5) is 13.2 Å². The minimum Gasteiger partial charge on any atom is -0.371 e. The lowest BCUT2D eigenvalue weighted by Crippen LogP contribution is -2.25. The highest BCUT2D eigenvalue weighted by Gasteiger charge is 2.37. The van der Waals surface area contributed by atoms with E-state index in [4.69, 9.17) is 23.2 Å². The van der Waals surface area contributed by atoms with Gasteiger partial charge in [0.15, 0.2) is 0 Å². The summed E-state index contributed by atoms with van der Waals surface area (Å²) in [6, 6.07) is 0. The van der Waals surface area contributed by atoms with E-state index in [2.05, 4.69) is 5.32 Å². The molecular weight excluding hydrogens is 214 g/mol. The van der Waals surface area contributed by atoms with Crippen LogP contribution in [0.1, 0.15) is 0 Å². The average molecular weight is 218 g/mol. The summed E-state index contributed by atoms with van der Waals surface area (Å²) in [7, 11) is 0. The SMILES string of the molecule is FC(F)(F)C1=CC(Cl)NC=C1Cl. The molecule has 1 N–H and O–H groups in total. The van der Waals surface area contributed by atoms with E-state index in [-0.39, 0.29) is 5.03 Å². The Morgan fingerprint density at radius 3 is 2.42 bits per heavy atom. The molecule has 1 rings (SSSR count). The van der Waals surface area contributed by atoms with E-state index >= 15 is 0 Å². The fourth-order valence-electron chi connectivity index (χ4n) is 0.734. The molecule has 6 heteroatoms. The maximum absolute atomic E-state index is 12.1. The smallest absolute Gasteiger partial charge is 0.371 e. The standard InChI is InChI=1S/C6H4Cl2F3N/c7-4-2-12-5(8)1-3(4)6(9,10)11/h1-2,5,12H. The number of hydrogen-bond acceptors (Lipinski definition) is 1. The number of hydrogen-bond donors (Lipinski definition) is 1. The molecule has 1 aliphatic rings. The molecule has 0 radical (unpaired) electrons. The third kappa shape index (κ3) is 2.08. The van der Waals surface area contributed by atoms with E-state index in [0.29, 0.717) is 0 Å². The van der Waals surface area contributed by atoms with Gasteiger partial charge in [-0.2, -0.15) is 13.2 Å². The molecule has 0 saturated heterocycles. The van der Waals surface area contributed by atoms with E-state index in [1.807, 2.05) is 0 Å². The first kappa shape index (κ1) is 9.74. The van der Waals surface area contributed by atoms with Crippen molar-refractivity contribution in [1.82, 2.24) is 5.32 Å². The normalized spacial score (nSPS) is 24.2. The van der Waals surface area contributed by atoms with Gasteiger partial charge in [0.1, 0.15) is 5.50 Å². The lowest BCUT2D eigenvalue weighted by molar-refractivity contribution is -0.0891. The molecule has 0 amide bonds. The van der Waals surface area contributed by atoms with Crippen molar-refractivity contribution >= 4 is 23.2 Å². The highest BCUT2D eigenvalue weighted by atomic mass is 35.5. The van der Waals surface area contributed by atoms with E-state index in [1.54, 1.807) is 0 Å². The first-order chi connectivity index (χ1) is 5.41. The van der Waals surface area contributed by atoms with Crippen LogP contribution >= 0.6 is 23.2 Å². The quantitative estimate of drug-likeness (QED) is 0.486. The van der Waals surface area contributed by atoms with Crippen molar-refractivity contribution in [3.05, 3.63) is 22.9 Å². The molecule has 0 aromatic carbocycles. The van der Waals surface area contributed by atoms with Crippen LogP contribution in [0.15, 0.2) is 22.9 Å². The Morgan fingerprint density at radius 1 is 1.42 bits per heavy atom. The summed E-state index contributed by atoms with van der Waals surface area (Å²) in [5, 5.41) is 2.05. The molecule has 0 aliphatic carbocycles. The Kier molecular flexibility index (Phi) is 2.58. The molecule has 1 unspecified atom stereocenters. The molecule has 0 aromatic heterocycles. The van der Waals surface area contributed by atoms with Gasteiger partial charge < -0.3 is 5.32 Å². The summed E-state index contributed by atoms with van der Waals surface area (Å²) in [4.78, 5) is 0. The van der Waals surface area contributed by atoms with Crippen molar-refractivity contribution in [2.45, 2.75) is 11.7 Å². The molecule has 68 valence electrons. The lowest BCUT2D eigenvalue weighted by atomic mass is 10.2. The summed E-state index contributed by atoms with van der Waals surface area (Å²) >= 11 is 10.7. The Labute approximate surface area is 76.8 Å². The van der Waals surface area contributed by atoms with Gasteiger partial charge in [-0.3, -0.25) is 0 Å². The van der Waals surface area contributed by atoms with E-state index in [1.165, 1.54) is 0 Å². The topological polar surface area (TPSA) is 12.0 Å². The minimum atomic E-state index is -4.44. The largest absolute Gasteiger partial charge is 0.417 e. The maximum atomic E-state index is 12.1. The van der Waals surface area contributed by atoms with E-state index < -0.39 is 17.3 Å². The molecule has 0 spiro atoms. The predicted octanol–water partition coefficient (Wildman–Crippen LogP) is 2.72. The van der Waals surface area contributed by atoms with Gasteiger partial charge in [-0.25, -0.2) is 0 Å². The highest BCUT2D eigenvalue weighted by Crippen LogP contribution is 2.34. The first-order valence-corrected chi connectivity index (χ1v) is 3.78.